The van der Waals surface area contributed by atoms with Crippen molar-refractivity contribution in [1.82, 2.24) is 0 Å². The van der Waals surface area contributed by atoms with E-state index in [0.29, 0.717) is 0 Å². The molecule has 0 aromatic heterocycles. The Bertz CT molecular complexity index is 1590. The Balaban J connectivity index is 1.60. The average molecular weight is 415 g/mol. The molecule has 0 aliphatic carbocycles. The molecule has 146 valence electrons. The maximum absolute atomic E-state index is 6.47. The molecule has 0 radical (unpaired) electrons. The molecule has 31 heavy (non-hydrogen) atoms. The van der Waals surface area contributed by atoms with Crippen molar-refractivity contribution < 1.29 is 0 Å². The molecule has 0 fully saturated rings. The predicted molar refractivity (Wildman–Crippen MR) is 135 cm³/mol. The Morgan fingerprint density at radius 2 is 1.06 bits per heavy atom. The van der Waals surface area contributed by atoms with Crippen LogP contribution in [0.5, 0.6) is 0 Å². The number of benzene rings is 6. The maximum atomic E-state index is 6.47. The molecule has 0 atom stereocenters. The quantitative estimate of drug-likeness (QED) is 0.248. The van der Waals surface area contributed by atoms with Crippen LogP contribution in [0.15, 0.2) is 115 Å². The smallest absolute Gasteiger partial charge is 0.0412 e. The zero-order valence-electron chi connectivity index (χ0n) is 16.8. The molecule has 6 aromatic carbocycles. The monoisotopic (exact) mass is 414 g/mol. The van der Waals surface area contributed by atoms with Crippen LogP contribution in [0.1, 0.15) is 0 Å². The summed E-state index contributed by atoms with van der Waals surface area (Å²) in [5.41, 5.74) is 4.75. The van der Waals surface area contributed by atoms with Crippen LogP contribution in [0, 0.1) is 0 Å². The fourth-order valence-corrected chi connectivity index (χ4v) is 4.80. The van der Waals surface area contributed by atoms with E-state index in [1.807, 2.05) is 6.07 Å². The lowest BCUT2D eigenvalue weighted by molar-refractivity contribution is 1.61. The minimum atomic E-state index is 0.749. The second-order valence-corrected chi connectivity index (χ2v) is 8.38. The summed E-state index contributed by atoms with van der Waals surface area (Å²) in [6.07, 6.45) is 0. The van der Waals surface area contributed by atoms with Gasteiger partial charge in [0.1, 0.15) is 0 Å². The van der Waals surface area contributed by atoms with Crippen LogP contribution >= 0.6 is 11.6 Å². The summed E-state index contributed by atoms with van der Waals surface area (Å²) in [4.78, 5) is 0. The summed E-state index contributed by atoms with van der Waals surface area (Å²) in [6.45, 7) is 0. The second kappa shape index (κ2) is 7.27. The lowest BCUT2D eigenvalue weighted by atomic mass is 9.90. The maximum Gasteiger partial charge on any atom is 0.0412 e. The van der Waals surface area contributed by atoms with Crippen molar-refractivity contribution in [2.75, 3.05) is 0 Å². The number of hydrogen-bond acceptors (Lipinski definition) is 0. The first-order valence-electron chi connectivity index (χ1n) is 10.5. The van der Waals surface area contributed by atoms with Gasteiger partial charge in [-0.25, -0.2) is 0 Å². The third-order valence-electron chi connectivity index (χ3n) is 6.12. The summed E-state index contributed by atoms with van der Waals surface area (Å²) in [7, 11) is 0. The normalized spacial score (nSPS) is 11.4. The second-order valence-electron chi connectivity index (χ2n) is 7.94. The Kier molecular flexibility index (Phi) is 4.26. The molecule has 0 bridgehead atoms. The summed E-state index contributed by atoms with van der Waals surface area (Å²) in [6, 6.07) is 40.9. The first-order valence-corrected chi connectivity index (χ1v) is 10.9. The van der Waals surface area contributed by atoms with Gasteiger partial charge in [-0.05, 0) is 72.8 Å². The molecule has 0 unspecified atom stereocenters. The van der Waals surface area contributed by atoms with Gasteiger partial charge >= 0.3 is 0 Å². The summed E-state index contributed by atoms with van der Waals surface area (Å²) in [5, 5.41) is 8.30. The molecule has 6 aromatic rings. The Hall–Kier alpha value is -3.61. The van der Waals surface area contributed by atoms with Gasteiger partial charge in [0, 0.05) is 5.02 Å². The highest BCUT2D eigenvalue weighted by molar-refractivity contribution is 6.31. The molecule has 0 saturated heterocycles. The number of halogens is 1. The van der Waals surface area contributed by atoms with E-state index in [4.69, 9.17) is 11.6 Å². The van der Waals surface area contributed by atoms with Crippen molar-refractivity contribution in [3.05, 3.63) is 120 Å². The molecule has 0 nitrogen and oxygen atoms in total. The van der Waals surface area contributed by atoms with E-state index in [0.717, 1.165) is 10.6 Å². The molecule has 0 saturated carbocycles. The Labute approximate surface area is 186 Å². The zero-order chi connectivity index (χ0) is 20.8. The van der Waals surface area contributed by atoms with Crippen LogP contribution in [-0.2, 0) is 0 Å². The molecular weight excluding hydrogens is 396 g/mol. The van der Waals surface area contributed by atoms with E-state index in [2.05, 4.69) is 109 Å². The average Bonchev–Trinajstić information content (AvgIpc) is 2.83. The van der Waals surface area contributed by atoms with Crippen LogP contribution in [0.25, 0.3) is 54.6 Å². The predicted octanol–water partition coefficient (Wildman–Crippen LogP) is 9.13. The molecule has 1 heteroatoms. The minimum Gasteiger partial charge on any atom is -0.0843 e. The van der Waals surface area contributed by atoms with Gasteiger partial charge in [0.2, 0.25) is 0 Å². The molecular formula is C30H19Cl. The fraction of sp³-hybridized carbons (Fsp3) is 0. The van der Waals surface area contributed by atoms with Crippen LogP contribution in [-0.4, -0.2) is 0 Å². The van der Waals surface area contributed by atoms with Crippen LogP contribution in [0.4, 0.5) is 0 Å². The summed E-state index contributed by atoms with van der Waals surface area (Å²) < 4.78 is 0. The molecule has 0 spiro atoms. The van der Waals surface area contributed by atoms with Crippen molar-refractivity contribution in [2.24, 2.45) is 0 Å². The fourth-order valence-electron chi connectivity index (χ4n) is 4.63. The van der Waals surface area contributed by atoms with Gasteiger partial charge < -0.3 is 0 Å². The van der Waals surface area contributed by atoms with Crippen molar-refractivity contribution in [3.63, 3.8) is 0 Å². The third kappa shape index (κ3) is 3.08. The van der Waals surface area contributed by atoms with E-state index in [9.17, 15) is 0 Å². The molecule has 0 amide bonds. The number of fused-ring (bicyclic) bond motifs is 4. The van der Waals surface area contributed by atoms with Crippen molar-refractivity contribution in [3.8, 4) is 22.3 Å². The molecule has 0 N–H and O–H groups in total. The lowest BCUT2D eigenvalue weighted by Crippen LogP contribution is -1.88. The van der Waals surface area contributed by atoms with Crippen LogP contribution in [0.2, 0.25) is 5.02 Å². The van der Waals surface area contributed by atoms with Gasteiger partial charge in [0.05, 0.1) is 0 Å². The third-order valence-corrected chi connectivity index (χ3v) is 6.35. The van der Waals surface area contributed by atoms with Crippen LogP contribution < -0.4 is 0 Å². The largest absolute Gasteiger partial charge is 0.0843 e. The van der Waals surface area contributed by atoms with Crippen molar-refractivity contribution in [2.45, 2.75) is 0 Å². The van der Waals surface area contributed by atoms with Gasteiger partial charge in [-0.3, -0.25) is 0 Å². The standard InChI is InChI=1S/C30H19Cl/c31-24-15-17-28(30(19-24)29-11-5-8-20-6-1-4-10-26(20)29)23-14-16-27-22(18-23)13-12-21-7-2-3-9-25(21)27/h1-19H. The van der Waals surface area contributed by atoms with E-state index in [-0.39, 0.29) is 0 Å². The van der Waals surface area contributed by atoms with Crippen LogP contribution in [0.3, 0.4) is 0 Å². The van der Waals surface area contributed by atoms with Gasteiger partial charge in [-0.15, -0.1) is 0 Å². The van der Waals surface area contributed by atoms with Gasteiger partial charge in [0.25, 0.3) is 0 Å². The molecule has 0 heterocycles. The van der Waals surface area contributed by atoms with E-state index in [1.54, 1.807) is 0 Å². The SMILES string of the molecule is Clc1ccc(-c2ccc3c(ccc4ccccc43)c2)c(-c2cccc3ccccc23)c1. The Morgan fingerprint density at radius 1 is 0.387 bits per heavy atom. The number of rotatable bonds is 2. The highest BCUT2D eigenvalue weighted by Crippen LogP contribution is 2.39. The first kappa shape index (κ1) is 18.2. The molecule has 6 rings (SSSR count). The lowest BCUT2D eigenvalue weighted by Gasteiger charge is -2.14. The molecule has 0 aliphatic rings. The van der Waals surface area contributed by atoms with E-state index >= 15 is 0 Å². The zero-order valence-corrected chi connectivity index (χ0v) is 17.6. The minimum absolute atomic E-state index is 0.749. The number of hydrogen-bond donors (Lipinski definition) is 0. The Morgan fingerprint density at radius 3 is 1.94 bits per heavy atom. The highest BCUT2D eigenvalue weighted by atomic mass is 35.5. The topological polar surface area (TPSA) is 0 Å². The summed E-state index contributed by atoms with van der Waals surface area (Å²) >= 11 is 6.47. The summed E-state index contributed by atoms with van der Waals surface area (Å²) in [5.74, 6) is 0. The van der Waals surface area contributed by atoms with Crippen molar-refractivity contribution >= 4 is 43.9 Å². The molecule has 0 aliphatic heterocycles. The van der Waals surface area contributed by atoms with Crippen molar-refractivity contribution in [1.29, 1.82) is 0 Å². The van der Waals surface area contributed by atoms with E-state index < -0.39 is 0 Å². The van der Waals surface area contributed by atoms with E-state index in [1.165, 1.54) is 49.0 Å². The first-order chi connectivity index (χ1) is 15.3. The van der Waals surface area contributed by atoms with Gasteiger partial charge in [-0.2, -0.15) is 0 Å². The van der Waals surface area contributed by atoms with Gasteiger partial charge in [0.15, 0.2) is 0 Å². The highest BCUT2D eigenvalue weighted by Gasteiger charge is 2.12. The van der Waals surface area contributed by atoms with Gasteiger partial charge in [-0.1, -0.05) is 109 Å².